The van der Waals surface area contributed by atoms with Crippen molar-refractivity contribution >= 4 is 38.8 Å². The number of hydrogen-bond donors (Lipinski definition) is 2. The summed E-state index contributed by atoms with van der Waals surface area (Å²) in [6, 6.07) is 25.6. The second-order valence-electron chi connectivity index (χ2n) is 8.33. The van der Waals surface area contributed by atoms with Crippen LogP contribution in [-0.4, -0.2) is 17.7 Å². The number of nitrogen functional groups attached to an aromatic ring is 1. The Morgan fingerprint density at radius 2 is 1.71 bits per heavy atom. The highest BCUT2D eigenvalue weighted by atomic mass is 32.1. The van der Waals surface area contributed by atoms with Gasteiger partial charge in [-0.25, -0.2) is 4.98 Å². The minimum Gasteiger partial charge on any atom is -0.454 e. The second-order valence-corrected chi connectivity index (χ2v) is 9.33. The molecule has 172 valence electrons. The van der Waals surface area contributed by atoms with Gasteiger partial charge in [-0.05, 0) is 36.2 Å². The molecule has 0 saturated carbocycles. The summed E-state index contributed by atoms with van der Waals surface area (Å²) in [6.45, 7) is 2.23. The molecular formula is C28H21N3O3S. The number of rotatable bonds is 4. The zero-order valence-electron chi connectivity index (χ0n) is 18.9. The summed E-state index contributed by atoms with van der Waals surface area (Å²) in [5.41, 5.74) is 12.6. The van der Waals surface area contributed by atoms with Crippen LogP contribution in [0.25, 0.3) is 32.6 Å². The predicted octanol–water partition coefficient (Wildman–Crippen LogP) is 6.50. The summed E-state index contributed by atoms with van der Waals surface area (Å²) in [5, 5.41) is 3.72. The van der Waals surface area contributed by atoms with E-state index in [1.807, 2.05) is 36.4 Å². The average Bonchev–Trinajstić information content (AvgIpc) is 3.48. The molecule has 0 spiro atoms. The van der Waals surface area contributed by atoms with Crippen LogP contribution in [0.3, 0.4) is 0 Å². The topological polar surface area (TPSA) is 86.5 Å². The van der Waals surface area contributed by atoms with Gasteiger partial charge in [0.05, 0.1) is 11.4 Å². The molecule has 1 aliphatic heterocycles. The van der Waals surface area contributed by atoms with Crippen molar-refractivity contribution < 1.29 is 14.3 Å². The molecule has 35 heavy (non-hydrogen) atoms. The molecule has 1 amide bonds. The number of benzene rings is 3. The van der Waals surface area contributed by atoms with E-state index in [1.165, 1.54) is 16.9 Å². The highest BCUT2D eigenvalue weighted by Gasteiger charge is 2.22. The smallest absolute Gasteiger partial charge is 0.267 e. The fourth-order valence-electron chi connectivity index (χ4n) is 4.17. The van der Waals surface area contributed by atoms with Gasteiger partial charge < -0.3 is 20.5 Å². The van der Waals surface area contributed by atoms with E-state index in [0.717, 1.165) is 32.6 Å². The van der Waals surface area contributed by atoms with E-state index in [9.17, 15) is 4.79 Å². The first-order valence-corrected chi connectivity index (χ1v) is 11.9. The number of pyridine rings is 1. The number of nitrogens with two attached hydrogens (primary N) is 1. The van der Waals surface area contributed by atoms with Gasteiger partial charge in [-0.2, -0.15) is 0 Å². The molecule has 0 saturated heterocycles. The number of aryl methyl sites for hydroxylation is 1. The normalized spacial score (nSPS) is 12.1. The molecule has 3 aromatic carbocycles. The Kier molecular flexibility index (Phi) is 5.12. The van der Waals surface area contributed by atoms with E-state index in [1.54, 1.807) is 18.2 Å². The number of nitrogens with zero attached hydrogens (tertiary/aromatic N) is 1. The van der Waals surface area contributed by atoms with Crippen molar-refractivity contribution in [2.24, 2.45) is 0 Å². The van der Waals surface area contributed by atoms with Crippen molar-refractivity contribution in [1.29, 1.82) is 0 Å². The maximum atomic E-state index is 13.3. The molecule has 0 radical (unpaired) electrons. The van der Waals surface area contributed by atoms with Gasteiger partial charge in [-0.1, -0.05) is 60.2 Å². The van der Waals surface area contributed by atoms with E-state index in [-0.39, 0.29) is 12.7 Å². The molecule has 6 rings (SSSR count). The quantitative estimate of drug-likeness (QED) is 0.307. The van der Waals surface area contributed by atoms with E-state index in [0.29, 0.717) is 27.8 Å². The van der Waals surface area contributed by atoms with Crippen LogP contribution < -0.4 is 20.5 Å². The highest BCUT2D eigenvalue weighted by Crippen LogP contribution is 2.42. The SMILES string of the molecule is Cc1ccc(-c2cc(-c3ccccc3)nc3sc(C(=O)Nc4ccc5c(c4)OCO5)c(N)c23)cc1. The molecule has 5 aromatic rings. The van der Waals surface area contributed by atoms with Gasteiger partial charge in [0.1, 0.15) is 9.71 Å². The molecule has 0 bridgehead atoms. The second kappa shape index (κ2) is 8.45. The lowest BCUT2D eigenvalue weighted by Gasteiger charge is -2.09. The minimum atomic E-state index is -0.291. The number of carbonyl (C=O) groups excluding carboxylic acids is 1. The van der Waals surface area contributed by atoms with Crippen molar-refractivity contribution in [1.82, 2.24) is 4.98 Å². The van der Waals surface area contributed by atoms with Gasteiger partial charge >= 0.3 is 0 Å². The number of anilines is 2. The molecule has 1 aliphatic rings. The molecule has 6 nitrogen and oxygen atoms in total. The monoisotopic (exact) mass is 479 g/mol. The number of amides is 1. The van der Waals surface area contributed by atoms with Crippen LogP contribution in [0.2, 0.25) is 0 Å². The van der Waals surface area contributed by atoms with Crippen LogP contribution in [0.1, 0.15) is 15.2 Å². The van der Waals surface area contributed by atoms with Gasteiger partial charge in [-0.3, -0.25) is 4.79 Å². The number of ether oxygens (including phenoxy) is 2. The summed E-state index contributed by atoms with van der Waals surface area (Å²) in [7, 11) is 0. The highest BCUT2D eigenvalue weighted by molar-refractivity contribution is 7.21. The summed E-state index contributed by atoms with van der Waals surface area (Å²) < 4.78 is 10.8. The third kappa shape index (κ3) is 3.86. The molecule has 3 N–H and O–H groups in total. The van der Waals surface area contributed by atoms with Crippen LogP contribution in [0.4, 0.5) is 11.4 Å². The number of aromatic nitrogens is 1. The molecule has 2 aromatic heterocycles. The fraction of sp³-hybridized carbons (Fsp3) is 0.0714. The lowest BCUT2D eigenvalue weighted by molar-refractivity contribution is 0.103. The van der Waals surface area contributed by atoms with Gasteiger partial charge in [0, 0.05) is 22.7 Å². The maximum absolute atomic E-state index is 13.3. The Labute approximate surface area is 206 Å². The van der Waals surface area contributed by atoms with E-state index >= 15 is 0 Å². The van der Waals surface area contributed by atoms with E-state index < -0.39 is 0 Å². The number of fused-ring (bicyclic) bond motifs is 2. The van der Waals surface area contributed by atoms with Gasteiger partial charge in [-0.15, -0.1) is 11.3 Å². The lowest BCUT2D eigenvalue weighted by Crippen LogP contribution is -2.11. The molecule has 3 heterocycles. The molecule has 0 fully saturated rings. The van der Waals surface area contributed by atoms with Crippen molar-refractivity contribution in [3.63, 3.8) is 0 Å². The van der Waals surface area contributed by atoms with Crippen LogP contribution in [0.15, 0.2) is 78.9 Å². The van der Waals surface area contributed by atoms with Crippen LogP contribution in [-0.2, 0) is 0 Å². The van der Waals surface area contributed by atoms with Crippen molar-refractivity contribution in [3.8, 4) is 33.9 Å². The minimum absolute atomic E-state index is 0.174. The van der Waals surface area contributed by atoms with Crippen LogP contribution in [0, 0.1) is 6.92 Å². The van der Waals surface area contributed by atoms with Crippen molar-refractivity contribution in [3.05, 3.63) is 89.3 Å². The van der Waals surface area contributed by atoms with E-state index in [2.05, 4.69) is 36.5 Å². The predicted molar refractivity (Wildman–Crippen MR) is 140 cm³/mol. The molecule has 0 aliphatic carbocycles. The Balaban J connectivity index is 1.46. The lowest BCUT2D eigenvalue weighted by atomic mass is 9.99. The third-order valence-electron chi connectivity index (χ3n) is 5.97. The molecular weight excluding hydrogens is 458 g/mol. The molecule has 0 unspecified atom stereocenters. The number of nitrogens with one attached hydrogen (secondary N) is 1. The summed E-state index contributed by atoms with van der Waals surface area (Å²) >= 11 is 1.29. The largest absolute Gasteiger partial charge is 0.454 e. The first-order chi connectivity index (χ1) is 17.1. The number of thiophene rings is 1. The number of hydrogen-bond acceptors (Lipinski definition) is 6. The zero-order chi connectivity index (χ0) is 23.9. The Hall–Kier alpha value is -4.36. The number of carbonyl (C=O) groups is 1. The standard InChI is InChI=1S/C28H21N3O3S/c1-16-7-9-17(10-8-16)20-14-21(18-5-3-2-4-6-18)31-28-24(20)25(29)26(35-28)27(32)30-19-11-12-22-23(13-19)34-15-33-22/h2-14H,15,29H2,1H3,(H,30,32). The molecule has 0 atom stereocenters. The Morgan fingerprint density at radius 3 is 2.51 bits per heavy atom. The first-order valence-electron chi connectivity index (χ1n) is 11.1. The average molecular weight is 480 g/mol. The van der Waals surface area contributed by atoms with Gasteiger partial charge in [0.15, 0.2) is 11.5 Å². The summed E-state index contributed by atoms with van der Waals surface area (Å²) in [6.07, 6.45) is 0. The van der Waals surface area contributed by atoms with Crippen LogP contribution >= 0.6 is 11.3 Å². The Bertz CT molecular complexity index is 1580. The zero-order valence-corrected chi connectivity index (χ0v) is 19.7. The molecule has 7 heteroatoms. The Morgan fingerprint density at radius 1 is 0.943 bits per heavy atom. The van der Waals surface area contributed by atoms with Gasteiger partial charge in [0.2, 0.25) is 6.79 Å². The first kappa shape index (κ1) is 21.2. The summed E-state index contributed by atoms with van der Waals surface area (Å²) in [5.74, 6) is 0.966. The van der Waals surface area contributed by atoms with Crippen LogP contribution in [0.5, 0.6) is 11.5 Å². The summed E-state index contributed by atoms with van der Waals surface area (Å²) in [4.78, 5) is 19.3. The van der Waals surface area contributed by atoms with Crippen molar-refractivity contribution in [2.45, 2.75) is 6.92 Å². The van der Waals surface area contributed by atoms with Crippen molar-refractivity contribution in [2.75, 3.05) is 17.8 Å². The van der Waals surface area contributed by atoms with Gasteiger partial charge in [0.25, 0.3) is 5.91 Å². The third-order valence-corrected chi connectivity index (χ3v) is 7.07. The maximum Gasteiger partial charge on any atom is 0.267 e. The van der Waals surface area contributed by atoms with E-state index in [4.69, 9.17) is 20.2 Å². The fourth-order valence-corrected chi connectivity index (χ4v) is 5.18.